The molecule has 3 nitrogen and oxygen atoms in total. The van der Waals surface area contributed by atoms with Crippen LogP contribution in [0.3, 0.4) is 0 Å². The van der Waals surface area contributed by atoms with Gasteiger partial charge >= 0.3 is 0 Å². The Balaban J connectivity index is 1.64. The van der Waals surface area contributed by atoms with E-state index in [9.17, 15) is 4.79 Å². The Morgan fingerprint density at radius 1 is 1.24 bits per heavy atom. The van der Waals surface area contributed by atoms with Gasteiger partial charge < -0.3 is 0 Å². The summed E-state index contributed by atoms with van der Waals surface area (Å²) in [6.07, 6.45) is 10.6. The minimum atomic E-state index is -0.0289. The monoisotopic (exact) mass is 304 g/mol. The van der Waals surface area contributed by atoms with Gasteiger partial charge in [0, 0.05) is 10.6 Å². The number of carbonyl (C=O) groups excluding carboxylic acids is 1. The van der Waals surface area contributed by atoms with Crippen molar-refractivity contribution in [2.75, 3.05) is 0 Å². The van der Waals surface area contributed by atoms with E-state index in [1.54, 1.807) is 11.3 Å². The lowest BCUT2D eigenvalue weighted by molar-refractivity contribution is 0.0958. The first-order valence-corrected chi connectivity index (χ1v) is 9.01. The van der Waals surface area contributed by atoms with E-state index < -0.39 is 0 Å². The molecule has 2 aliphatic carbocycles. The highest BCUT2D eigenvalue weighted by Gasteiger charge is 2.20. The molecule has 0 aromatic carbocycles. The van der Waals surface area contributed by atoms with Crippen LogP contribution in [0, 0.1) is 5.92 Å². The number of thiophene rings is 1. The van der Waals surface area contributed by atoms with Gasteiger partial charge in [0.05, 0.1) is 4.88 Å². The predicted octanol–water partition coefficient (Wildman–Crippen LogP) is 4.31. The van der Waals surface area contributed by atoms with Crippen molar-refractivity contribution in [3.63, 3.8) is 0 Å². The standard InChI is InChI=1S/C17H24N2OS/c1-12-8-9-15-13(10-12)11-16(21-15)17(20)19-18-14-6-4-2-3-5-7-14/h11-12H,2-10H2,1H3,(H,19,20)/t12-/m1/s1. The first-order valence-electron chi connectivity index (χ1n) is 8.19. The number of hydrogen-bond donors (Lipinski definition) is 1. The summed E-state index contributed by atoms with van der Waals surface area (Å²) in [5.74, 6) is 0.716. The van der Waals surface area contributed by atoms with Crippen LogP contribution in [0.2, 0.25) is 0 Å². The second-order valence-electron chi connectivity index (χ2n) is 6.44. The Hall–Kier alpha value is -1.16. The molecule has 0 aliphatic heterocycles. The number of nitrogens with zero attached hydrogens (tertiary/aromatic N) is 1. The summed E-state index contributed by atoms with van der Waals surface area (Å²) in [5.41, 5.74) is 5.32. The van der Waals surface area contributed by atoms with Crippen LogP contribution in [0.25, 0.3) is 0 Å². The van der Waals surface area contributed by atoms with Crippen LogP contribution >= 0.6 is 11.3 Å². The van der Waals surface area contributed by atoms with Gasteiger partial charge in [0.25, 0.3) is 5.91 Å². The Labute approximate surface area is 130 Å². The summed E-state index contributed by atoms with van der Waals surface area (Å²) >= 11 is 1.65. The fraction of sp³-hybridized carbons (Fsp3) is 0.647. The highest BCUT2D eigenvalue weighted by molar-refractivity contribution is 7.14. The molecule has 1 N–H and O–H groups in total. The van der Waals surface area contributed by atoms with Gasteiger partial charge in [-0.2, -0.15) is 5.10 Å². The van der Waals surface area contributed by atoms with Gasteiger partial charge in [-0.3, -0.25) is 4.79 Å². The third-order valence-electron chi connectivity index (χ3n) is 4.55. The molecule has 2 aliphatic rings. The van der Waals surface area contributed by atoms with Gasteiger partial charge in [-0.1, -0.05) is 19.8 Å². The lowest BCUT2D eigenvalue weighted by Gasteiger charge is -2.16. The van der Waals surface area contributed by atoms with Crippen molar-refractivity contribution >= 4 is 23.0 Å². The molecule has 0 spiro atoms. The highest BCUT2D eigenvalue weighted by Crippen LogP contribution is 2.32. The van der Waals surface area contributed by atoms with E-state index >= 15 is 0 Å². The van der Waals surface area contributed by atoms with E-state index in [0.717, 1.165) is 42.2 Å². The zero-order valence-corrected chi connectivity index (χ0v) is 13.6. The van der Waals surface area contributed by atoms with Crippen LogP contribution in [0.15, 0.2) is 11.2 Å². The largest absolute Gasteiger partial charge is 0.281 e. The molecule has 1 aromatic rings. The molecule has 0 bridgehead atoms. The van der Waals surface area contributed by atoms with Gasteiger partial charge in [-0.15, -0.1) is 11.3 Å². The van der Waals surface area contributed by atoms with Crippen molar-refractivity contribution in [1.29, 1.82) is 0 Å². The number of hydrazone groups is 1. The van der Waals surface area contributed by atoms with Crippen molar-refractivity contribution in [3.05, 3.63) is 21.4 Å². The topological polar surface area (TPSA) is 41.5 Å². The second-order valence-corrected chi connectivity index (χ2v) is 7.58. The SMILES string of the molecule is C[C@@H]1CCc2sc(C(=O)NN=C3CCCCCC3)cc2C1. The number of fused-ring (bicyclic) bond motifs is 1. The fourth-order valence-electron chi connectivity index (χ4n) is 3.25. The lowest BCUT2D eigenvalue weighted by atomic mass is 9.90. The molecule has 21 heavy (non-hydrogen) atoms. The van der Waals surface area contributed by atoms with E-state index in [1.165, 1.54) is 42.5 Å². The molecule has 0 unspecified atom stereocenters. The molecule has 1 saturated carbocycles. The van der Waals surface area contributed by atoms with Crippen LogP contribution in [-0.4, -0.2) is 11.6 Å². The number of rotatable bonds is 2. The maximum absolute atomic E-state index is 12.3. The highest BCUT2D eigenvalue weighted by atomic mass is 32.1. The maximum atomic E-state index is 12.3. The summed E-state index contributed by atoms with van der Waals surface area (Å²) in [5, 5.41) is 4.36. The summed E-state index contributed by atoms with van der Waals surface area (Å²) in [6, 6.07) is 2.08. The van der Waals surface area contributed by atoms with Gasteiger partial charge in [0.15, 0.2) is 0 Å². The predicted molar refractivity (Wildman–Crippen MR) is 88.1 cm³/mol. The molecular formula is C17H24N2OS. The van der Waals surface area contributed by atoms with Crippen LogP contribution in [-0.2, 0) is 12.8 Å². The first kappa shape index (κ1) is 14.8. The summed E-state index contributed by atoms with van der Waals surface area (Å²) in [6.45, 7) is 2.29. The molecule has 1 atom stereocenters. The third kappa shape index (κ3) is 3.73. The average Bonchev–Trinajstić information content (AvgIpc) is 2.72. The Morgan fingerprint density at radius 2 is 2.00 bits per heavy atom. The van der Waals surface area contributed by atoms with Crippen LogP contribution < -0.4 is 5.43 Å². The number of hydrogen-bond acceptors (Lipinski definition) is 3. The van der Waals surface area contributed by atoms with Crippen molar-refractivity contribution in [1.82, 2.24) is 5.43 Å². The molecule has 1 fully saturated rings. The van der Waals surface area contributed by atoms with Crippen molar-refractivity contribution < 1.29 is 4.79 Å². The average molecular weight is 304 g/mol. The molecule has 0 saturated heterocycles. The number of aryl methyl sites for hydroxylation is 1. The van der Waals surface area contributed by atoms with E-state index in [2.05, 4.69) is 23.5 Å². The van der Waals surface area contributed by atoms with Gasteiger partial charge in [0.1, 0.15) is 0 Å². The number of amides is 1. The summed E-state index contributed by atoms with van der Waals surface area (Å²) in [7, 11) is 0. The van der Waals surface area contributed by atoms with Gasteiger partial charge in [0.2, 0.25) is 0 Å². The van der Waals surface area contributed by atoms with Crippen molar-refractivity contribution in [2.24, 2.45) is 11.0 Å². The Bertz CT molecular complexity index is 537. The normalized spacial score (nSPS) is 22.3. The minimum Gasteiger partial charge on any atom is -0.266 e. The molecule has 1 aromatic heterocycles. The van der Waals surface area contributed by atoms with Crippen molar-refractivity contribution in [3.8, 4) is 0 Å². The third-order valence-corrected chi connectivity index (χ3v) is 5.79. The molecule has 1 heterocycles. The van der Waals surface area contributed by atoms with E-state index in [1.807, 2.05) is 0 Å². The van der Waals surface area contributed by atoms with E-state index in [-0.39, 0.29) is 5.91 Å². The Kier molecular flexibility index (Phi) is 4.73. The molecule has 114 valence electrons. The zero-order valence-electron chi connectivity index (χ0n) is 12.8. The smallest absolute Gasteiger partial charge is 0.266 e. The van der Waals surface area contributed by atoms with Crippen LogP contribution in [0.5, 0.6) is 0 Å². The summed E-state index contributed by atoms with van der Waals surface area (Å²) in [4.78, 5) is 14.5. The molecular weight excluding hydrogens is 280 g/mol. The zero-order chi connectivity index (χ0) is 14.7. The quantitative estimate of drug-likeness (QED) is 0.642. The van der Waals surface area contributed by atoms with Gasteiger partial charge in [-0.25, -0.2) is 5.43 Å². The first-order chi connectivity index (χ1) is 10.2. The fourth-order valence-corrected chi connectivity index (χ4v) is 4.35. The van der Waals surface area contributed by atoms with E-state index in [0.29, 0.717) is 0 Å². The molecule has 1 amide bonds. The Morgan fingerprint density at radius 3 is 2.76 bits per heavy atom. The maximum Gasteiger partial charge on any atom is 0.281 e. The van der Waals surface area contributed by atoms with Crippen LogP contribution in [0.1, 0.15) is 72.0 Å². The number of carbonyl (C=O) groups is 1. The number of nitrogens with one attached hydrogen (secondary N) is 1. The van der Waals surface area contributed by atoms with Crippen LogP contribution in [0.4, 0.5) is 0 Å². The second kappa shape index (κ2) is 6.73. The van der Waals surface area contributed by atoms with Crippen molar-refractivity contribution in [2.45, 2.75) is 64.7 Å². The lowest BCUT2D eigenvalue weighted by Crippen LogP contribution is -2.18. The summed E-state index contributed by atoms with van der Waals surface area (Å²) < 4.78 is 0. The van der Waals surface area contributed by atoms with E-state index in [4.69, 9.17) is 0 Å². The minimum absolute atomic E-state index is 0.0289. The molecule has 4 heteroatoms. The molecule has 0 radical (unpaired) electrons. The molecule has 3 rings (SSSR count). The van der Waals surface area contributed by atoms with Gasteiger partial charge in [-0.05, 0) is 62.5 Å².